The van der Waals surface area contributed by atoms with Crippen LogP contribution >= 0.6 is 0 Å². The van der Waals surface area contributed by atoms with Gasteiger partial charge in [0.05, 0.1) is 18.7 Å². The van der Waals surface area contributed by atoms with Gasteiger partial charge in [0.25, 0.3) is 0 Å². The minimum absolute atomic E-state index is 0.277. The fourth-order valence-corrected chi connectivity index (χ4v) is 2.41. The van der Waals surface area contributed by atoms with Crippen LogP contribution in [0.25, 0.3) is 0 Å². The predicted octanol–water partition coefficient (Wildman–Crippen LogP) is 1.57. The lowest BCUT2D eigenvalue weighted by molar-refractivity contribution is 0.252. The molecule has 1 fully saturated rings. The van der Waals surface area contributed by atoms with Gasteiger partial charge in [-0.15, -0.1) is 0 Å². The molecule has 0 spiro atoms. The first-order valence-electron chi connectivity index (χ1n) is 6.95. The van der Waals surface area contributed by atoms with Crippen molar-refractivity contribution in [1.82, 2.24) is 20.2 Å². The highest BCUT2D eigenvalue weighted by Gasteiger charge is 2.24. The molecular formula is C14H24N4O. The van der Waals surface area contributed by atoms with E-state index in [0.29, 0.717) is 11.8 Å². The van der Waals surface area contributed by atoms with E-state index >= 15 is 0 Å². The third-order valence-corrected chi connectivity index (χ3v) is 3.60. The molecule has 5 heteroatoms. The van der Waals surface area contributed by atoms with Gasteiger partial charge in [0, 0.05) is 18.7 Å². The van der Waals surface area contributed by atoms with Crippen LogP contribution < -0.4 is 10.1 Å². The quantitative estimate of drug-likeness (QED) is 0.898. The van der Waals surface area contributed by atoms with Crippen molar-refractivity contribution in [2.45, 2.75) is 32.2 Å². The molecule has 5 nitrogen and oxygen atoms in total. The van der Waals surface area contributed by atoms with Crippen molar-refractivity contribution in [1.29, 1.82) is 0 Å². The molecule has 0 aliphatic carbocycles. The summed E-state index contributed by atoms with van der Waals surface area (Å²) in [4.78, 5) is 11.4. The Morgan fingerprint density at radius 1 is 1.47 bits per heavy atom. The Hall–Kier alpha value is -1.20. The fraction of sp³-hybridized carbons (Fsp3) is 0.714. The number of hydrogen-bond donors (Lipinski definition) is 1. The van der Waals surface area contributed by atoms with Crippen molar-refractivity contribution in [3.05, 3.63) is 17.6 Å². The van der Waals surface area contributed by atoms with Crippen LogP contribution in [0.4, 0.5) is 0 Å². The first kappa shape index (κ1) is 14.2. The van der Waals surface area contributed by atoms with Gasteiger partial charge in [0.2, 0.25) is 5.88 Å². The molecule has 1 unspecified atom stereocenters. The van der Waals surface area contributed by atoms with Crippen LogP contribution in [-0.4, -0.2) is 48.7 Å². The van der Waals surface area contributed by atoms with Crippen molar-refractivity contribution >= 4 is 0 Å². The molecule has 1 saturated heterocycles. The van der Waals surface area contributed by atoms with Crippen LogP contribution in [0.5, 0.6) is 5.88 Å². The van der Waals surface area contributed by atoms with Crippen LogP contribution in [0.15, 0.2) is 6.20 Å². The standard InChI is InChI=1S/C14H24N4O/c1-10(2)13-16-8-11(14(17-13)19-4)12-9-15-6-5-7-18(12)3/h8,10,12,15H,5-7,9H2,1-4H3. The summed E-state index contributed by atoms with van der Waals surface area (Å²) in [5.74, 6) is 1.86. The van der Waals surface area contributed by atoms with Crippen molar-refractivity contribution < 1.29 is 4.74 Å². The Bertz CT molecular complexity index is 422. The van der Waals surface area contributed by atoms with Crippen molar-refractivity contribution in [3.8, 4) is 5.88 Å². The van der Waals surface area contributed by atoms with Crippen LogP contribution in [0, 0.1) is 0 Å². The summed E-state index contributed by atoms with van der Waals surface area (Å²) < 4.78 is 5.47. The van der Waals surface area contributed by atoms with E-state index in [1.54, 1.807) is 7.11 Å². The Labute approximate surface area is 115 Å². The second-order valence-electron chi connectivity index (χ2n) is 5.40. The number of aromatic nitrogens is 2. The number of rotatable bonds is 3. The maximum absolute atomic E-state index is 5.47. The molecule has 0 bridgehead atoms. The Kier molecular flexibility index (Phi) is 4.71. The average Bonchev–Trinajstić information content (AvgIpc) is 2.62. The summed E-state index contributed by atoms with van der Waals surface area (Å²) in [5.41, 5.74) is 1.07. The van der Waals surface area contributed by atoms with Crippen molar-refractivity contribution in [2.24, 2.45) is 0 Å². The third-order valence-electron chi connectivity index (χ3n) is 3.60. The predicted molar refractivity (Wildman–Crippen MR) is 75.5 cm³/mol. The summed E-state index contributed by atoms with van der Waals surface area (Å²) in [6, 6.07) is 0.277. The van der Waals surface area contributed by atoms with Gasteiger partial charge in [-0.25, -0.2) is 4.98 Å². The number of methoxy groups -OCH3 is 1. The van der Waals surface area contributed by atoms with Gasteiger partial charge in [-0.3, -0.25) is 4.90 Å². The molecule has 1 atom stereocenters. The van der Waals surface area contributed by atoms with Crippen LogP contribution in [-0.2, 0) is 0 Å². The Balaban J connectivity index is 2.32. The molecule has 2 heterocycles. The van der Waals surface area contributed by atoms with E-state index in [4.69, 9.17) is 4.74 Å². The molecule has 1 N–H and O–H groups in total. The number of hydrogen-bond acceptors (Lipinski definition) is 5. The number of nitrogens with one attached hydrogen (secondary N) is 1. The highest BCUT2D eigenvalue weighted by atomic mass is 16.5. The molecule has 0 saturated carbocycles. The zero-order valence-corrected chi connectivity index (χ0v) is 12.3. The largest absolute Gasteiger partial charge is 0.481 e. The second kappa shape index (κ2) is 6.30. The smallest absolute Gasteiger partial charge is 0.221 e. The van der Waals surface area contributed by atoms with E-state index in [-0.39, 0.29) is 6.04 Å². The lowest BCUT2D eigenvalue weighted by Crippen LogP contribution is -2.30. The topological polar surface area (TPSA) is 50.3 Å². The summed E-state index contributed by atoms with van der Waals surface area (Å²) in [6.45, 7) is 7.24. The van der Waals surface area contributed by atoms with Crippen molar-refractivity contribution in [3.63, 3.8) is 0 Å². The summed E-state index contributed by atoms with van der Waals surface area (Å²) in [7, 11) is 3.83. The number of nitrogens with zero attached hydrogens (tertiary/aromatic N) is 3. The number of likely N-dealkylation sites (N-methyl/N-ethyl adjacent to an activating group) is 1. The van der Waals surface area contributed by atoms with Gasteiger partial charge in [-0.2, -0.15) is 4.98 Å². The van der Waals surface area contributed by atoms with E-state index < -0.39 is 0 Å². The van der Waals surface area contributed by atoms with E-state index in [0.717, 1.165) is 31.0 Å². The highest BCUT2D eigenvalue weighted by molar-refractivity contribution is 5.28. The summed E-state index contributed by atoms with van der Waals surface area (Å²) in [5, 5.41) is 3.46. The third kappa shape index (κ3) is 3.22. The minimum Gasteiger partial charge on any atom is -0.481 e. The van der Waals surface area contributed by atoms with Gasteiger partial charge in [-0.1, -0.05) is 13.8 Å². The van der Waals surface area contributed by atoms with Crippen molar-refractivity contribution in [2.75, 3.05) is 33.8 Å². The van der Waals surface area contributed by atoms with Crippen LogP contribution in [0.1, 0.15) is 43.6 Å². The lowest BCUT2D eigenvalue weighted by atomic mass is 10.1. The van der Waals surface area contributed by atoms with Gasteiger partial charge in [0.1, 0.15) is 5.82 Å². The highest BCUT2D eigenvalue weighted by Crippen LogP contribution is 2.28. The fourth-order valence-electron chi connectivity index (χ4n) is 2.41. The molecule has 0 aromatic carbocycles. The first-order chi connectivity index (χ1) is 9.13. The first-order valence-corrected chi connectivity index (χ1v) is 6.95. The van der Waals surface area contributed by atoms with E-state index in [2.05, 4.69) is 41.1 Å². The average molecular weight is 264 g/mol. The maximum Gasteiger partial charge on any atom is 0.221 e. The molecule has 2 rings (SSSR count). The van der Waals surface area contributed by atoms with Gasteiger partial charge >= 0.3 is 0 Å². The van der Waals surface area contributed by atoms with E-state index in [1.807, 2.05) is 6.20 Å². The van der Waals surface area contributed by atoms with Gasteiger partial charge in [-0.05, 0) is 26.6 Å². The van der Waals surface area contributed by atoms with Gasteiger partial charge in [0.15, 0.2) is 0 Å². The SMILES string of the molecule is COc1nc(C(C)C)ncc1C1CNCCCN1C. The normalized spacial score (nSPS) is 21.4. The molecule has 1 aliphatic rings. The maximum atomic E-state index is 5.47. The molecular weight excluding hydrogens is 240 g/mol. The summed E-state index contributed by atoms with van der Waals surface area (Å²) >= 11 is 0. The molecule has 1 aromatic rings. The molecule has 1 aromatic heterocycles. The Morgan fingerprint density at radius 2 is 2.26 bits per heavy atom. The number of ether oxygens (including phenoxy) is 1. The zero-order valence-electron chi connectivity index (χ0n) is 12.3. The van der Waals surface area contributed by atoms with E-state index in [1.165, 1.54) is 6.42 Å². The van der Waals surface area contributed by atoms with E-state index in [9.17, 15) is 0 Å². The van der Waals surface area contributed by atoms with Crippen LogP contribution in [0.2, 0.25) is 0 Å². The molecule has 0 radical (unpaired) electrons. The molecule has 106 valence electrons. The van der Waals surface area contributed by atoms with Crippen LogP contribution in [0.3, 0.4) is 0 Å². The lowest BCUT2D eigenvalue weighted by Gasteiger charge is -2.26. The minimum atomic E-state index is 0.277. The van der Waals surface area contributed by atoms with Gasteiger partial charge < -0.3 is 10.1 Å². The molecule has 19 heavy (non-hydrogen) atoms. The molecule has 0 amide bonds. The second-order valence-corrected chi connectivity index (χ2v) is 5.40. The summed E-state index contributed by atoms with van der Waals surface area (Å²) in [6.07, 6.45) is 3.09. The molecule has 1 aliphatic heterocycles. The zero-order chi connectivity index (χ0) is 13.8. The Morgan fingerprint density at radius 3 is 2.95 bits per heavy atom. The monoisotopic (exact) mass is 264 g/mol.